The lowest BCUT2D eigenvalue weighted by atomic mass is 10.2. The van der Waals surface area contributed by atoms with Crippen LogP contribution in [0, 0.1) is 17.0 Å². The maximum Gasteiger partial charge on any atom is 0.342 e. The fourth-order valence-corrected chi connectivity index (χ4v) is 2.05. The van der Waals surface area contributed by atoms with Crippen LogP contribution in [0.25, 0.3) is 0 Å². The maximum atomic E-state index is 12.1. The molecule has 0 saturated heterocycles. The summed E-state index contributed by atoms with van der Waals surface area (Å²) < 4.78 is 10.0. The van der Waals surface area contributed by atoms with E-state index in [9.17, 15) is 19.7 Å². The lowest BCUT2D eigenvalue weighted by molar-refractivity contribution is -0.384. The van der Waals surface area contributed by atoms with Crippen molar-refractivity contribution in [3.8, 4) is 0 Å². The van der Waals surface area contributed by atoms with Gasteiger partial charge in [-0.25, -0.2) is 4.79 Å². The summed E-state index contributed by atoms with van der Waals surface area (Å²) in [6, 6.07) is 5.05. The van der Waals surface area contributed by atoms with E-state index in [0.29, 0.717) is 5.76 Å². The van der Waals surface area contributed by atoms with Gasteiger partial charge in [0.25, 0.3) is 11.6 Å². The van der Waals surface area contributed by atoms with Crippen LogP contribution in [0.15, 0.2) is 34.9 Å². The molecule has 0 aliphatic carbocycles. The summed E-state index contributed by atoms with van der Waals surface area (Å²) in [6.45, 7) is 2.99. The van der Waals surface area contributed by atoms with E-state index in [1.54, 1.807) is 6.92 Å². The maximum absolute atomic E-state index is 12.1. The first-order valence-corrected chi connectivity index (χ1v) is 7.17. The van der Waals surface area contributed by atoms with Gasteiger partial charge >= 0.3 is 5.97 Å². The molecule has 9 heteroatoms. The van der Waals surface area contributed by atoms with Crippen molar-refractivity contribution in [3.63, 3.8) is 0 Å². The van der Waals surface area contributed by atoms with Gasteiger partial charge in [0.1, 0.15) is 11.3 Å². The summed E-state index contributed by atoms with van der Waals surface area (Å²) in [5, 5.41) is 13.1. The first kappa shape index (κ1) is 17.5. The van der Waals surface area contributed by atoms with Crippen molar-refractivity contribution < 1.29 is 23.7 Å². The van der Waals surface area contributed by atoms with Gasteiger partial charge in [0.15, 0.2) is 6.10 Å². The van der Waals surface area contributed by atoms with E-state index >= 15 is 0 Å². The lowest BCUT2D eigenvalue weighted by Crippen LogP contribution is -2.30. The van der Waals surface area contributed by atoms with E-state index in [1.165, 1.54) is 31.4 Å². The minimum absolute atomic E-state index is 0.00163. The molecular weight excluding hydrogens is 340 g/mol. The summed E-state index contributed by atoms with van der Waals surface area (Å²) in [5.41, 5.74) is 0.200. The molecule has 2 rings (SSSR count). The average Bonchev–Trinajstić information content (AvgIpc) is 2.95. The number of furan rings is 1. The zero-order valence-corrected chi connectivity index (χ0v) is 13.5. The number of carbonyl (C=O) groups is 2. The van der Waals surface area contributed by atoms with Gasteiger partial charge in [-0.05, 0) is 26.0 Å². The minimum atomic E-state index is -1.10. The van der Waals surface area contributed by atoms with Crippen LogP contribution < -0.4 is 5.32 Å². The van der Waals surface area contributed by atoms with Crippen LogP contribution in [-0.2, 0) is 9.53 Å². The highest BCUT2D eigenvalue weighted by atomic mass is 35.5. The minimum Gasteiger partial charge on any atom is -0.469 e. The number of carbonyl (C=O) groups excluding carboxylic acids is 2. The van der Waals surface area contributed by atoms with Gasteiger partial charge in [-0.1, -0.05) is 11.6 Å². The number of rotatable bonds is 5. The normalized spacial score (nSPS) is 11.6. The van der Waals surface area contributed by atoms with Crippen molar-refractivity contribution in [2.24, 2.45) is 0 Å². The molecule has 1 aromatic heterocycles. The van der Waals surface area contributed by atoms with Gasteiger partial charge in [-0.2, -0.15) is 0 Å². The van der Waals surface area contributed by atoms with Crippen molar-refractivity contribution in [2.75, 3.05) is 5.32 Å². The molecule has 0 aliphatic heterocycles. The molecule has 2 aromatic rings. The Morgan fingerprint density at radius 2 is 2.08 bits per heavy atom. The molecule has 1 amide bonds. The number of amides is 1. The predicted octanol–water partition coefficient (Wildman–Crippen LogP) is 3.33. The summed E-state index contributed by atoms with van der Waals surface area (Å²) >= 11 is 5.89. The molecule has 0 unspecified atom stereocenters. The summed E-state index contributed by atoms with van der Waals surface area (Å²) in [4.78, 5) is 34.0. The third-order valence-electron chi connectivity index (χ3n) is 3.15. The number of halogens is 1. The number of benzene rings is 1. The van der Waals surface area contributed by atoms with Crippen LogP contribution in [0.4, 0.5) is 11.4 Å². The largest absolute Gasteiger partial charge is 0.469 e. The molecule has 126 valence electrons. The van der Waals surface area contributed by atoms with Crippen molar-refractivity contribution >= 4 is 34.9 Å². The number of nitro benzene ring substituents is 1. The number of ether oxygens (including phenoxy) is 1. The van der Waals surface area contributed by atoms with E-state index in [4.69, 9.17) is 20.8 Å². The number of anilines is 1. The fourth-order valence-electron chi connectivity index (χ4n) is 1.83. The predicted molar refractivity (Wildman–Crippen MR) is 85.1 cm³/mol. The Labute approximate surface area is 141 Å². The zero-order valence-electron chi connectivity index (χ0n) is 12.7. The molecule has 24 heavy (non-hydrogen) atoms. The molecule has 0 aliphatic rings. The highest BCUT2D eigenvalue weighted by Crippen LogP contribution is 2.26. The molecule has 8 nitrogen and oxygen atoms in total. The number of nitro groups is 1. The first-order chi connectivity index (χ1) is 11.3. The van der Waals surface area contributed by atoms with Crippen LogP contribution in [0.2, 0.25) is 5.02 Å². The second kappa shape index (κ2) is 7.14. The molecule has 1 N–H and O–H groups in total. The van der Waals surface area contributed by atoms with Crippen molar-refractivity contribution in [1.82, 2.24) is 0 Å². The van der Waals surface area contributed by atoms with Gasteiger partial charge < -0.3 is 14.5 Å². The molecule has 1 heterocycles. The van der Waals surface area contributed by atoms with E-state index in [1.807, 2.05) is 0 Å². The van der Waals surface area contributed by atoms with Gasteiger partial charge in [-0.15, -0.1) is 0 Å². The number of esters is 1. The second-order valence-electron chi connectivity index (χ2n) is 4.85. The van der Waals surface area contributed by atoms with Crippen LogP contribution in [0.3, 0.4) is 0 Å². The van der Waals surface area contributed by atoms with Gasteiger partial charge in [-0.3, -0.25) is 14.9 Å². The van der Waals surface area contributed by atoms with Gasteiger partial charge in [0, 0.05) is 12.1 Å². The van der Waals surface area contributed by atoms with Crippen molar-refractivity contribution in [1.29, 1.82) is 0 Å². The van der Waals surface area contributed by atoms with E-state index in [0.717, 1.165) is 6.07 Å². The Morgan fingerprint density at radius 1 is 1.38 bits per heavy atom. The monoisotopic (exact) mass is 352 g/mol. The smallest absolute Gasteiger partial charge is 0.342 e. The molecule has 0 fully saturated rings. The number of nitrogens with one attached hydrogen (secondary N) is 1. The number of aryl methyl sites for hydroxylation is 1. The van der Waals surface area contributed by atoms with Gasteiger partial charge in [0.05, 0.1) is 21.9 Å². The average molecular weight is 353 g/mol. The molecule has 0 spiro atoms. The zero-order chi connectivity index (χ0) is 17.9. The lowest BCUT2D eigenvalue weighted by Gasteiger charge is -2.14. The molecule has 1 atom stereocenters. The van der Waals surface area contributed by atoms with Gasteiger partial charge in [0.2, 0.25) is 0 Å². The standard InChI is InChI=1S/C15H13ClN2O6/c1-8-11(5-6-23-8)15(20)24-9(2)14(19)17-13-4-3-10(18(21)22)7-12(13)16/h3-7,9H,1-2H3,(H,17,19)/t9-/m0/s1. The quantitative estimate of drug-likeness (QED) is 0.501. The topological polar surface area (TPSA) is 112 Å². The summed E-state index contributed by atoms with van der Waals surface area (Å²) in [6.07, 6.45) is 0.242. The molecular formula is C15H13ClN2O6. The Hall–Kier alpha value is -2.87. The van der Waals surface area contributed by atoms with Crippen molar-refractivity contribution in [2.45, 2.75) is 20.0 Å². The molecule has 0 radical (unpaired) electrons. The number of hydrogen-bond donors (Lipinski definition) is 1. The highest BCUT2D eigenvalue weighted by Gasteiger charge is 2.22. The number of hydrogen-bond acceptors (Lipinski definition) is 6. The van der Waals surface area contributed by atoms with E-state index in [2.05, 4.69) is 5.32 Å². The third kappa shape index (κ3) is 3.90. The SMILES string of the molecule is Cc1occc1C(=O)O[C@@H](C)C(=O)Nc1ccc([N+](=O)[O-])cc1Cl. The Morgan fingerprint density at radius 3 is 2.62 bits per heavy atom. The Kier molecular flexibility index (Phi) is 5.20. The van der Waals surface area contributed by atoms with Crippen LogP contribution in [0.1, 0.15) is 23.0 Å². The highest BCUT2D eigenvalue weighted by molar-refractivity contribution is 6.34. The van der Waals surface area contributed by atoms with E-state index in [-0.39, 0.29) is 22.0 Å². The molecule has 0 bridgehead atoms. The Balaban J connectivity index is 2.03. The van der Waals surface area contributed by atoms with Crippen LogP contribution in [0.5, 0.6) is 0 Å². The number of non-ortho nitro benzene ring substituents is 1. The first-order valence-electron chi connectivity index (χ1n) is 6.79. The Bertz CT molecular complexity index is 801. The summed E-state index contributed by atoms with van der Waals surface area (Å²) in [7, 11) is 0. The number of nitrogens with zero attached hydrogens (tertiary/aromatic N) is 1. The van der Waals surface area contributed by atoms with E-state index < -0.39 is 22.9 Å². The second-order valence-corrected chi connectivity index (χ2v) is 5.26. The van der Waals surface area contributed by atoms with Crippen LogP contribution in [-0.4, -0.2) is 22.9 Å². The fraction of sp³-hybridized carbons (Fsp3) is 0.200. The summed E-state index contributed by atoms with van der Waals surface area (Å²) in [5.74, 6) is -0.940. The third-order valence-corrected chi connectivity index (χ3v) is 3.47. The molecule has 0 saturated carbocycles. The van der Waals surface area contributed by atoms with Crippen molar-refractivity contribution in [3.05, 3.63) is 57.0 Å². The van der Waals surface area contributed by atoms with Crippen LogP contribution >= 0.6 is 11.6 Å². The molecule has 1 aromatic carbocycles.